The summed E-state index contributed by atoms with van der Waals surface area (Å²) in [5.41, 5.74) is 0. The van der Waals surface area contributed by atoms with Crippen LogP contribution in [0.4, 0.5) is 0 Å². The highest BCUT2D eigenvalue weighted by Gasteiger charge is 2.59. The molecule has 8 unspecified atom stereocenters. The van der Waals surface area contributed by atoms with Crippen LogP contribution in [0.1, 0.15) is 97.3 Å². The van der Waals surface area contributed by atoms with Crippen molar-refractivity contribution in [3.63, 3.8) is 0 Å². The predicted octanol–water partition coefficient (Wildman–Crippen LogP) is 5.53. The minimum Gasteiger partial charge on any atom is -0.457 e. The molecule has 76 heavy (non-hydrogen) atoms. The maximum absolute atomic E-state index is 12.6. The highest BCUT2D eigenvalue weighted by atomic mass is 31.2. The molecule has 4 heterocycles. The molecule has 4 aliphatic rings. The first kappa shape index (κ1) is 69.2. The lowest BCUT2D eigenvalue weighted by Crippen LogP contribution is -2.49. The van der Waals surface area contributed by atoms with Crippen molar-refractivity contribution in [2.24, 2.45) is 11.8 Å². The minimum absolute atomic E-state index is 0.0321. The van der Waals surface area contributed by atoms with Gasteiger partial charge in [0, 0.05) is 41.2 Å². The van der Waals surface area contributed by atoms with Crippen LogP contribution in [0.25, 0.3) is 0 Å². The van der Waals surface area contributed by atoms with Gasteiger partial charge in [0.1, 0.15) is 18.3 Å². The minimum atomic E-state index is -1.12. The van der Waals surface area contributed by atoms with Crippen molar-refractivity contribution in [1.29, 1.82) is 15.8 Å². The molecule has 0 aromatic carbocycles. The molecular weight excluding hydrogens is 1050 g/mol. The smallest absolute Gasteiger partial charge is 0.303 e. The van der Waals surface area contributed by atoms with Crippen LogP contribution in [0.2, 0.25) is 0 Å². The number of esters is 2. The summed E-state index contributed by atoms with van der Waals surface area (Å²) in [5, 5.41) is 31.5. The Hall–Kier alpha value is -2.88. The molecule has 0 aliphatic carbocycles. The summed E-state index contributed by atoms with van der Waals surface area (Å²) in [7, 11) is 15.7. The fourth-order valence-corrected chi connectivity index (χ4v) is 12.4. The molecule has 2 N–H and O–H groups in total. The molecule has 4 rings (SSSR count). The molecule has 24 nitrogen and oxygen atoms in total. The van der Waals surface area contributed by atoms with E-state index in [1.54, 1.807) is 14.2 Å². The van der Waals surface area contributed by atoms with E-state index in [1.807, 2.05) is 81.1 Å². The van der Waals surface area contributed by atoms with Gasteiger partial charge in [0.2, 0.25) is 11.8 Å². The number of ether oxygens (including phenoxy) is 6. The monoisotopic (exact) mass is 1140 g/mol. The SMILES string of the molecule is CN(C)P(OCCC#N)N(C)C.COC1C2CC(C(=O)NCCCCCCOP(OCCC#N)N(C)C)[C@H](O2)[C@H]1OC(C)=O.CO[C@H]1C(OC(C)=O)C2CC(C(=O)NCCCCCCOP(OCCC#N)N(C)C)[C@@H]1O2. The van der Waals surface area contributed by atoms with Crippen molar-refractivity contribution in [2.45, 2.75) is 146 Å². The highest BCUT2D eigenvalue weighted by Crippen LogP contribution is 2.45. The van der Waals surface area contributed by atoms with Crippen molar-refractivity contribution in [1.82, 2.24) is 29.3 Å². The number of nitriles is 3. The van der Waals surface area contributed by atoms with Gasteiger partial charge in [0.05, 0.1) is 101 Å². The summed E-state index contributed by atoms with van der Waals surface area (Å²) in [6.07, 6.45) is 6.77. The number of carbonyl (C=O) groups excluding carboxylic acids is 4. The van der Waals surface area contributed by atoms with Crippen molar-refractivity contribution in [3.05, 3.63) is 0 Å². The van der Waals surface area contributed by atoms with Gasteiger partial charge in [-0.2, -0.15) is 15.8 Å². The van der Waals surface area contributed by atoms with Gasteiger partial charge in [0.25, 0.3) is 17.1 Å². The van der Waals surface area contributed by atoms with E-state index in [4.69, 9.17) is 66.8 Å². The standard InChI is InChI=1S/2C21H36N3O7P.C7H16N3OP/c1-15(25)30-19-17-14-16(18(31-17)20(19)27-4)21(26)23-11-7-5-6-8-12-28-32(24(2)3)29-13-9-10-22;1-15(25)30-20-18-16(14-17(31-18)19(20)27-4)21(26)23-11-7-5-6-8-12-28-32(24(2)3)29-13-9-10-22;1-9(2)12(10(3)4)11-7-5-6-8/h2*16-20H,5-9,11-14H2,1-4H3,(H,23,26);5,7H2,1-4H3/t2*16?,17?,18-,19?,20+,32?;/m00./s1. The molecule has 4 bridgehead atoms. The number of hydrogen-bond acceptors (Lipinski definition) is 22. The first-order chi connectivity index (χ1) is 36.4. The average molecular weight is 1140 g/mol. The van der Waals surface area contributed by atoms with Crippen LogP contribution in [-0.2, 0) is 70.2 Å². The highest BCUT2D eigenvalue weighted by molar-refractivity contribution is 7.47. The Kier molecular flexibility index (Phi) is 36.0. The number of rotatable bonds is 35. The van der Waals surface area contributed by atoms with Gasteiger partial charge in [-0.3, -0.25) is 28.5 Å². The van der Waals surface area contributed by atoms with Gasteiger partial charge in [0.15, 0.2) is 20.7 Å². The molecule has 434 valence electrons. The summed E-state index contributed by atoms with van der Waals surface area (Å²) in [6.45, 7) is 6.39. The molecule has 0 radical (unpaired) electrons. The first-order valence-electron chi connectivity index (χ1n) is 26.0. The lowest BCUT2D eigenvalue weighted by molar-refractivity contribution is -0.158. The second kappa shape index (κ2) is 39.5. The van der Waals surface area contributed by atoms with E-state index < -0.39 is 55.9 Å². The third kappa shape index (κ3) is 25.1. The zero-order chi connectivity index (χ0) is 56.6. The number of amides is 2. The molecule has 2 amide bonds. The summed E-state index contributed by atoms with van der Waals surface area (Å²) in [5.74, 6) is -1.46. The predicted molar refractivity (Wildman–Crippen MR) is 285 cm³/mol. The Morgan fingerprint density at radius 1 is 0.500 bits per heavy atom. The quantitative estimate of drug-likeness (QED) is 0.0448. The Labute approximate surface area is 456 Å². The van der Waals surface area contributed by atoms with Crippen molar-refractivity contribution in [3.8, 4) is 18.2 Å². The number of hydrogen-bond donors (Lipinski definition) is 2. The molecule has 0 aromatic heterocycles. The van der Waals surface area contributed by atoms with E-state index >= 15 is 0 Å². The molecule has 0 aromatic rings. The van der Waals surface area contributed by atoms with Crippen molar-refractivity contribution >= 4 is 49.3 Å². The maximum atomic E-state index is 12.6. The van der Waals surface area contributed by atoms with Crippen molar-refractivity contribution in [2.75, 3.05) is 117 Å². The van der Waals surface area contributed by atoms with E-state index in [-0.39, 0.29) is 54.0 Å². The van der Waals surface area contributed by atoms with Crippen LogP contribution in [0, 0.1) is 45.8 Å². The fraction of sp³-hybridized carbons (Fsp3) is 0.857. The number of carbonyl (C=O) groups is 4. The van der Waals surface area contributed by atoms with Crippen LogP contribution >= 0.6 is 25.5 Å². The van der Waals surface area contributed by atoms with E-state index in [9.17, 15) is 19.2 Å². The third-order valence-corrected chi connectivity index (χ3v) is 16.7. The summed E-state index contributed by atoms with van der Waals surface area (Å²) >= 11 is 0. The number of methoxy groups -OCH3 is 2. The van der Waals surface area contributed by atoms with Crippen molar-refractivity contribution < 1.29 is 70.2 Å². The van der Waals surface area contributed by atoms with Crippen LogP contribution < -0.4 is 10.6 Å². The number of nitrogens with one attached hydrogen (secondary N) is 2. The van der Waals surface area contributed by atoms with Crippen LogP contribution in [0.15, 0.2) is 0 Å². The van der Waals surface area contributed by atoms with Gasteiger partial charge in [-0.25, -0.2) is 9.34 Å². The Morgan fingerprint density at radius 2 is 0.868 bits per heavy atom. The maximum Gasteiger partial charge on any atom is 0.303 e. The van der Waals surface area contributed by atoms with Crippen LogP contribution in [-0.4, -0.2) is 208 Å². The molecule has 4 saturated heterocycles. The molecule has 27 heteroatoms. The molecule has 0 saturated carbocycles. The molecule has 4 fully saturated rings. The second-order valence-corrected chi connectivity index (χ2v) is 24.9. The van der Waals surface area contributed by atoms with Gasteiger partial charge >= 0.3 is 11.9 Å². The van der Waals surface area contributed by atoms with Gasteiger partial charge in [-0.05, 0) is 94.9 Å². The average Bonchev–Trinajstić information content (AvgIpc) is 4.16. The molecule has 12 atom stereocenters. The molecule has 0 spiro atoms. The van der Waals surface area contributed by atoms with E-state index in [2.05, 4.69) is 22.8 Å². The molecule has 4 aliphatic heterocycles. The van der Waals surface area contributed by atoms with Crippen LogP contribution in [0.5, 0.6) is 0 Å². The van der Waals surface area contributed by atoms with E-state index in [0.29, 0.717) is 78.2 Å². The number of unbranched alkanes of at least 4 members (excludes halogenated alkanes) is 6. The lowest BCUT2D eigenvalue weighted by atomic mass is 9.84. The third-order valence-electron chi connectivity index (χ3n) is 12.0. The van der Waals surface area contributed by atoms with E-state index in [1.165, 1.54) is 13.8 Å². The lowest BCUT2D eigenvalue weighted by Gasteiger charge is -2.30. The van der Waals surface area contributed by atoms with Gasteiger partial charge in [-0.1, -0.05) is 25.7 Å². The number of nitrogens with zero attached hydrogens (tertiary/aromatic N) is 7. The Bertz CT molecular complexity index is 1810. The Balaban J connectivity index is 0.000000429. The van der Waals surface area contributed by atoms with Gasteiger partial charge < -0.3 is 61.7 Å². The summed E-state index contributed by atoms with van der Waals surface area (Å²) < 4.78 is 69.3. The fourth-order valence-electron chi connectivity index (χ4n) is 8.80. The summed E-state index contributed by atoms with van der Waals surface area (Å²) in [4.78, 5) is 47.9. The van der Waals surface area contributed by atoms with E-state index in [0.717, 1.165) is 51.4 Å². The van der Waals surface area contributed by atoms with Crippen LogP contribution in [0.3, 0.4) is 0 Å². The first-order valence-corrected chi connectivity index (χ1v) is 29.4. The second-order valence-electron chi connectivity index (χ2n) is 18.9. The Morgan fingerprint density at radius 3 is 1.25 bits per heavy atom. The topological polar surface area (TPSA) is 278 Å². The zero-order valence-corrected chi connectivity index (χ0v) is 49.7. The zero-order valence-electron chi connectivity index (χ0n) is 47.0. The summed E-state index contributed by atoms with van der Waals surface area (Å²) in [6, 6.07) is 6.16. The normalized spacial score (nSPS) is 24.8. The largest absolute Gasteiger partial charge is 0.457 e. The van der Waals surface area contributed by atoms with Gasteiger partial charge in [-0.15, -0.1) is 0 Å². The number of fused-ring (bicyclic) bond motifs is 4. The molecular formula is C49H88N9O15P3.